The summed E-state index contributed by atoms with van der Waals surface area (Å²) in [5, 5.41) is 3.16. The van der Waals surface area contributed by atoms with Gasteiger partial charge < -0.3 is 20.5 Å². The maximum atomic E-state index is 12.7. The molecule has 0 heterocycles. The first kappa shape index (κ1) is 25.9. The van der Waals surface area contributed by atoms with Gasteiger partial charge in [0.15, 0.2) is 0 Å². The monoisotopic (exact) mass is 562 g/mol. The van der Waals surface area contributed by atoms with Crippen LogP contribution in [0.25, 0.3) is 0 Å². The predicted octanol–water partition coefficient (Wildman–Crippen LogP) is 7.29. The lowest BCUT2D eigenvalue weighted by Gasteiger charge is -2.07. The largest absolute Gasteiger partial charge is 0.497 e. The van der Waals surface area contributed by atoms with Gasteiger partial charge in [0, 0.05) is 20.6 Å². The Morgan fingerprint density at radius 2 is 0.970 bits per heavy atom. The maximum absolute atomic E-state index is 12.7. The minimum Gasteiger partial charge on any atom is -0.497 e. The van der Waals surface area contributed by atoms with Gasteiger partial charge in [0.1, 0.15) is 23.1 Å². The average molecular weight is 562 g/mol. The maximum Gasteiger partial charge on any atom is 0.123 e. The molecule has 172 valence electrons. The number of rotatable bonds is 4. The van der Waals surface area contributed by atoms with Gasteiger partial charge in [-0.3, -0.25) is 0 Å². The fourth-order valence-electron chi connectivity index (χ4n) is 2.41. The molecule has 0 saturated carbocycles. The summed E-state index contributed by atoms with van der Waals surface area (Å²) in [5.74, 6) is 1.24. The van der Waals surface area contributed by atoms with Gasteiger partial charge in [0.2, 0.25) is 0 Å². The normalized spacial score (nSPS) is 9.48. The Labute approximate surface area is 206 Å². The summed E-state index contributed by atoms with van der Waals surface area (Å²) in [6, 6.07) is 27.4. The first-order chi connectivity index (χ1) is 15.9. The van der Waals surface area contributed by atoms with Crippen LogP contribution in [-0.2, 0) is 0 Å². The van der Waals surface area contributed by atoms with E-state index in [4.69, 9.17) is 15.2 Å². The van der Waals surface area contributed by atoms with Crippen LogP contribution in [0.15, 0.2) is 97.1 Å². The number of halogens is 3. The zero-order chi connectivity index (χ0) is 24.1. The Morgan fingerprint density at radius 3 is 1.36 bits per heavy atom. The number of anilines is 3. The second kappa shape index (κ2) is 13.9. The molecular formula is C26H25F2IN2O2. The van der Waals surface area contributed by atoms with Crippen molar-refractivity contribution < 1.29 is 18.3 Å². The van der Waals surface area contributed by atoms with E-state index < -0.39 is 0 Å². The number of hydrogen-bond acceptors (Lipinski definition) is 4. The van der Waals surface area contributed by atoms with E-state index in [1.807, 2.05) is 48.5 Å². The molecule has 4 aromatic carbocycles. The van der Waals surface area contributed by atoms with Crippen LogP contribution < -0.4 is 20.5 Å². The van der Waals surface area contributed by atoms with Crippen molar-refractivity contribution >= 4 is 39.7 Å². The third-order valence-electron chi connectivity index (χ3n) is 4.14. The van der Waals surface area contributed by atoms with Gasteiger partial charge in [-0.05, 0) is 120 Å². The highest BCUT2D eigenvalue weighted by atomic mass is 127. The zero-order valence-electron chi connectivity index (χ0n) is 18.3. The Balaban J connectivity index is 0.000000192. The number of nitrogens with one attached hydrogen (secondary N) is 1. The van der Waals surface area contributed by atoms with Crippen LogP contribution in [0.5, 0.6) is 11.5 Å². The average Bonchev–Trinajstić information content (AvgIpc) is 2.84. The summed E-state index contributed by atoms with van der Waals surface area (Å²) < 4.78 is 36.0. The minimum absolute atomic E-state index is 0.236. The lowest BCUT2D eigenvalue weighted by atomic mass is 10.2. The van der Waals surface area contributed by atoms with E-state index in [2.05, 4.69) is 27.9 Å². The van der Waals surface area contributed by atoms with Crippen LogP contribution >= 0.6 is 22.6 Å². The van der Waals surface area contributed by atoms with Gasteiger partial charge in [-0.1, -0.05) is 0 Å². The van der Waals surface area contributed by atoms with E-state index in [1.54, 1.807) is 26.4 Å². The van der Waals surface area contributed by atoms with Crippen molar-refractivity contribution in [3.8, 4) is 11.5 Å². The number of nitrogen functional groups attached to an aromatic ring is 1. The fourth-order valence-corrected chi connectivity index (χ4v) is 2.77. The molecule has 7 heteroatoms. The first-order valence-corrected chi connectivity index (χ1v) is 10.9. The standard InChI is InChI=1S/C13H12FNO.C7H7IO.C6H6FN/c1-16-13-8-6-12(7-9-13)15-11-4-2-10(14)3-5-11;1-9-7-4-2-6(8)3-5-7;7-5-1-3-6(8)4-2-5/h2-9,15H,1H3;2-5H,1H3;1-4H,8H2. The summed E-state index contributed by atoms with van der Waals surface area (Å²) >= 11 is 2.26. The third-order valence-corrected chi connectivity index (χ3v) is 4.86. The predicted molar refractivity (Wildman–Crippen MR) is 139 cm³/mol. The van der Waals surface area contributed by atoms with Gasteiger partial charge in [-0.25, -0.2) is 8.78 Å². The molecule has 0 aliphatic carbocycles. The van der Waals surface area contributed by atoms with Gasteiger partial charge in [0.05, 0.1) is 14.2 Å². The van der Waals surface area contributed by atoms with E-state index >= 15 is 0 Å². The summed E-state index contributed by atoms with van der Waals surface area (Å²) in [6.45, 7) is 0. The highest BCUT2D eigenvalue weighted by Gasteiger charge is 1.96. The molecule has 33 heavy (non-hydrogen) atoms. The molecule has 0 bridgehead atoms. The molecule has 4 nitrogen and oxygen atoms in total. The van der Waals surface area contributed by atoms with Crippen molar-refractivity contribution in [3.63, 3.8) is 0 Å². The van der Waals surface area contributed by atoms with Crippen LogP contribution in [0.3, 0.4) is 0 Å². The van der Waals surface area contributed by atoms with Crippen molar-refractivity contribution in [2.75, 3.05) is 25.3 Å². The Bertz CT molecular complexity index is 1050. The Hall–Kier alpha value is -3.33. The summed E-state index contributed by atoms with van der Waals surface area (Å²) in [6.07, 6.45) is 0. The van der Waals surface area contributed by atoms with Crippen LogP contribution in [0.4, 0.5) is 25.8 Å². The molecule has 0 amide bonds. The quantitative estimate of drug-likeness (QED) is 0.203. The number of hydrogen-bond donors (Lipinski definition) is 2. The van der Waals surface area contributed by atoms with Crippen LogP contribution in [-0.4, -0.2) is 14.2 Å². The highest BCUT2D eigenvalue weighted by Crippen LogP contribution is 2.19. The molecule has 0 unspecified atom stereocenters. The summed E-state index contributed by atoms with van der Waals surface area (Å²) in [7, 11) is 3.30. The van der Waals surface area contributed by atoms with E-state index in [-0.39, 0.29) is 11.6 Å². The van der Waals surface area contributed by atoms with Crippen LogP contribution in [0.2, 0.25) is 0 Å². The molecule has 0 atom stereocenters. The van der Waals surface area contributed by atoms with Crippen molar-refractivity contribution in [1.29, 1.82) is 0 Å². The van der Waals surface area contributed by atoms with Crippen molar-refractivity contribution in [2.45, 2.75) is 0 Å². The summed E-state index contributed by atoms with van der Waals surface area (Å²) in [5.41, 5.74) is 7.64. The molecule has 3 N–H and O–H groups in total. The van der Waals surface area contributed by atoms with Gasteiger partial charge in [-0.15, -0.1) is 0 Å². The molecule has 0 aliphatic heterocycles. The fraction of sp³-hybridized carbons (Fsp3) is 0.0769. The zero-order valence-corrected chi connectivity index (χ0v) is 20.4. The SMILES string of the molecule is COc1ccc(I)cc1.COc1ccc(Nc2ccc(F)cc2)cc1.Nc1ccc(F)cc1. The molecule has 4 aromatic rings. The van der Waals surface area contributed by atoms with Crippen molar-refractivity contribution in [1.82, 2.24) is 0 Å². The van der Waals surface area contributed by atoms with Crippen molar-refractivity contribution in [3.05, 3.63) is 112 Å². The topological polar surface area (TPSA) is 56.5 Å². The third kappa shape index (κ3) is 10.2. The van der Waals surface area contributed by atoms with Gasteiger partial charge in [0.25, 0.3) is 0 Å². The Morgan fingerprint density at radius 1 is 0.606 bits per heavy atom. The first-order valence-electron chi connectivity index (χ1n) is 9.87. The minimum atomic E-state index is -0.251. The van der Waals surface area contributed by atoms with Gasteiger partial charge >= 0.3 is 0 Å². The second-order valence-corrected chi connectivity index (χ2v) is 7.82. The lowest BCUT2D eigenvalue weighted by molar-refractivity contribution is 0.414. The van der Waals surface area contributed by atoms with Gasteiger partial charge in [-0.2, -0.15) is 0 Å². The molecule has 0 spiro atoms. The number of ether oxygens (including phenoxy) is 2. The lowest BCUT2D eigenvalue weighted by Crippen LogP contribution is -1.90. The molecular weight excluding hydrogens is 537 g/mol. The van der Waals surface area contributed by atoms with Crippen molar-refractivity contribution in [2.24, 2.45) is 0 Å². The number of nitrogens with two attached hydrogens (primary N) is 1. The second-order valence-electron chi connectivity index (χ2n) is 6.57. The Kier molecular flexibility index (Phi) is 11.0. The van der Waals surface area contributed by atoms with E-state index in [9.17, 15) is 8.78 Å². The molecule has 4 rings (SSSR count). The molecule has 0 aliphatic rings. The molecule has 0 fully saturated rings. The molecule has 0 saturated heterocycles. The van der Waals surface area contributed by atoms with E-state index in [1.165, 1.54) is 40.0 Å². The van der Waals surface area contributed by atoms with E-state index in [0.717, 1.165) is 22.9 Å². The molecule has 0 aromatic heterocycles. The smallest absolute Gasteiger partial charge is 0.123 e. The van der Waals surface area contributed by atoms with Crippen LogP contribution in [0.1, 0.15) is 0 Å². The number of methoxy groups -OCH3 is 2. The summed E-state index contributed by atoms with van der Waals surface area (Å²) in [4.78, 5) is 0. The molecule has 0 radical (unpaired) electrons. The van der Waals surface area contributed by atoms with Crippen LogP contribution in [0, 0.1) is 15.2 Å². The number of benzene rings is 4. The highest BCUT2D eigenvalue weighted by molar-refractivity contribution is 14.1. The van der Waals surface area contributed by atoms with E-state index in [0.29, 0.717) is 5.69 Å².